The van der Waals surface area contributed by atoms with Crippen molar-refractivity contribution in [3.8, 4) is 0 Å². The Morgan fingerprint density at radius 2 is 1.88 bits per heavy atom. The van der Waals surface area contributed by atoms with E-state index in [4.69, 9.17) is 9.47 Å². The lowest BCUT2D eigenvalue weighted by molar-refractivity contribution is 0.0487. The first-order chi connectivity index (χ1) is 11.8. The van der Waals surface area contributed by atoms with Crippen LogP contribution in [0, 0.1) is 5.92 Å². The minimum absolute atomic E-state index is 0.659. The van der Waals surface area contributed by atoms with Gasteiger partial charge in [0.15, 0.2) is 5.96 Å². The first kappa shape index (κ1) is 21.2. The fraction of sp³-hybridized carbons (Fsp3) is 0.944. The number of aliphatic imine (C=N–C) groups is 1. The van der Waals surface area contributed by atoms with Gasteiger partial charge in [-0.2, -0.15) is 0 Å². The number of likely N-dealkylation sites (tertiary alicyclic amines) is 1. The normalized spacial score (nSPS) is 19.0. The Bertz CT molecular complexity index is 326. The highest BCUT2D eigenvalue weighted by atomic mass is 16.5. The Morgan fingerprint density at radius 3 is 2.58 bits per heavy atom. The molecule has 1 unspecified atom stereocenters. The SMILES string of the molecule is CCCCOCCOCCNC(=NC)NCC1CCN(CCC)C1. The van der Waals surface area contributed by atoms with Gasteiger partial charge < -0.3 is 25.0 Å². The molecule has 0 aromatic carbocycles. The molecule has 1 heterocycles. The van der Waals surface area contributed by atoms with Crippen LogP contribution in [0.3, 0.4) is 0 Å². The lowest BCUT2D eigenvalue weighted by atomic mass is 10.1. The predicted octanol–water partition coefficient (Wildman–Crippen LogP) is 1.72. The van der Waals surface area contributed by atoms with E-state index in [1.165, 1.54) is 38.9 Å². The van der Waals surface area contributed by atoms with E-state index in [9.17, 15) is 0 Å². The molecule has 1 fully saturated rings. The number of nitrogens with one attached hydrogen (secondary N) is 2. The molecule has 1 aliphatic rings. The largest absolute Gasteiger partial charge is 0.379 e. The van der Waals surface area contributed by atoms with E-state index in [2.05, 4.69) is 34.4 Å². The third-order valence-corrected chi connectivity index (χ3v) is 4.24. The summed E-state index contributed by atoms with van der Waals surface area (Å²) in [7, 11) is 1.82. The number of nitrogens with zero attached hydrogens (tertiary/aromatic N) is 2. The van der Waals surface area contributed by atoms with Crippen LogP contribution in [-0.2, 0) is 9.47 Å². The third kappa shape index (κ3) is 10.1. The molecule has 1 atom stereocenters. The number of hydrogen-bond acceptors (Lipinski definition) is 4. The van der Waals surface area contributed by atoms with Crippen LogP contribution in [0.1, 0.15) is 39.5 Å². The zero-order valence-electron chi connectivity index (χ0n) is 16.0. The first-order valence-electron chi connectivity index (χ1n) is 9.62. The van der Waals surface area contributed by atoms with Gasteiger partial charge in [-0.1, -0.05) is 20.3 Å². The maximum absolute atomic E-state index is 5.55. The smallest absolute Gasteiger partial charge is 0.191 e. The van der Waals surface area contributed by atoms with Gasteiger partial charge in [0.2, 0.25) is 0 Å². The highest BCUT2D eigenvalue weighted by Gasteiger charge is 2.21. The number of rotatable bonds is 13. The van der Waals surface area contributed by atoms with Gasteiger partial charge in [0.1, 0.15) is 0 Å². The van der Waals surface area contributed by atoms with Crippen LogP contribution in [-0.4, -0.2) is 77.1 Å². The van der Waals surface area contributed by atoms with Gasteiger partial charge in [-0.05, 0) is 38.3 Å². The Hall–Kier alpha value is -0.850. The Balaban J connectivity index is 1.97. The summed E-state index contributed by atoms with van der Waals surface area (Å²) in [5, 5.41) is 6.73. The summed E-state index contributed by atoms with van der Waals surface area (Å²) in [6, 6.07) is 0. The number of unbranched alkanes of at least 4 members (excludes halogenated alkanes) is 1. The van der Waals surface area contributed by atoms with Gasteiger partial charge in [0.05, 0.1) is 19.8 Å². The van der Waals surface area contributed by atoms with Crippen molar-refractivity contribution in [2.75, 3.05) is 66.2 Å². The lowest BCUT2D eigenvalue weighted by Gasteiger charge is -2.17. The molecule has 1 rings (SSSR count). The summed E-state index contributed by atoms with van der Waals surface area (Å²) >= 11 is 0. The van der Waals surface area contributed by atoms with E-state index < -0.39 is 0 Å². The zero-order valence-corrected chi connectivity index (χ0v) is 16.0. The topological polar surface area (TPSA) is 58.1 Å². The summed E-state index contributed by atoms with van der Waals surface area (Å²) in [5.74, 6) is 1.60. The molecule has 0 bridgehead atoms. The quantitative estimate of drug-likeness (QED) is 0.303. The molecule has 0 radical (unpaired) electrons. The maximum Gasteiger partial charge on any atom is 0.191 e. The van der Waals surface area contributed by atoms with E-state index in [1.54, 1.807) is 0 Å². The fourth-order valence-corrected chi connectivity index (χ4v) is 2.87. The molecule has 0 spiro atoms. The number of ether oxygens (including phenoxy) is 2. The molecule has 1 saturated heterocycles. The van der Waals surface area contributed by atoms with Crippen molar-refractivity contribution in [3.63, 3.8) is 0 Å². The van der Waals surface area contributed by atoms with Crippen LogP contribution in [0.15, 0.2) is 4.99 Å². The van der Waals surface area contributed by atoms with Gasteiger partial charge >= 0.3 is 0 Å². The monoisotopic (exact) mass is 342 g/mol. The van der Waals surface area contributed by atoms with Crippen LogP contribution >= 0.6 is 0 Å². The molecule has 6 heteroatoms. The molecule has 0 aliphatic carbocycles. The molecule has 0 aromatic heterocycles. The molecule has 142 valence electrons. The van der Waals surface area contributed by atoms with E-state index >= 15 is 0 Å². The van der Waals surface area contributed by atoms with E-state index in [0.29, 0.717) is 19.8 Å². The average molecular weight is 343 g/mol. The molecule has 24 heavy (non-hydrogen) atoms. The van der Waals surface area contributed by atoms with Crippen LogP contribution in [0.2, 0.25) is 0 Å². The lowest BCUT2D eigenvalue weighted by Crippen LogP contribution is -2.41. The number of hydrogen-bond donors (Lipinski definition) is 2. The molecular weight excluding hydrogens is 304 g/mol. The van der Waals surface area contributed by atoms with E-state index in [1.807, 2.05) is 7.05 Å². The summed E-state index contributed by atoms with van der Waals surface area (Å²) in [5.41, 5.74) is 0. The molecule has 1 aliphatic heterocycles. The number of guanidine groups is 1. The van der Waals surface area contributed by atoms with Gasteiger partial charge in [0.25, 0.3) is 0 Å². The van der Waals surface area contributed by atoms with Crippen molar-refractivity contribution in [3.05, 3.63) is 0 Å². The van der Waals surface area contributed by atoms with Crippen LogP contribution in [0.25, 0.3) is 0 Å². The third-order valence-electron chi connectivity index (χ3n) is 4.24. The first-order valence-corrected chi connectivity index (χ1v) is 9.62. The van der Waals surface area contributed by atoms with Crippen molar-refractivity contribution in [1.29, 1.82) is 0 Å². The Labute approximate surface area is 148 Å². The summed E-state index contributed by atoms with van der Waals surface area (Å²) in [6.45, 7) is 12.7. The highest BCUT2D eigenvalue weighted by molar-refractivity contribution is 5.79. The van der Waals surface area contributed by atoms with Crippen molar-refractivity contribution in [1.82, 2.24) is 15.5 Å². The summed E-state index contributed by atoms with van der Waals surface area (Å²) < 4.78 is 11.0. The fourth-order valence-electron chi connectivity index (χ4n) is 2.87. The molecule has 2 N–H and O–H groups in total. The van der Waals surface area contributed by atoms with Crippen LogP contribution in [0.5, 0.6) is 0 Å². The molecule has 0 saturated carbocycles. The maximum atomic E-state index is 5.55. The minimum atomic E-state index is 0.659. The van der Waals surface area contributed by atoms with Crippen molar-refractivity contribution >= 4 is 5.96 Å². The second-order valence-electron chi connectivity index (χ2n) is 6.41. The second-order valence-corrected chi connectivity index (χ2v) is 6.41. The Morgan fingerprint density at radius 1 is 1.08 bits per heavy atom. The van der Waals surface area contributed by atoms with Gasteiger partial charge in [-0.25, -0.2) is 0 Å². The van der Waals surface area contributed by atoms with Crippen LogP contribution < -0.4 is 10.6 Å². The summed E-state index contributed by atoms with van der Waals surface area (Å²) in [6.07, 6.45) is 4.83. The Kier molecular flexibility index (Phi) is 12.8. The molecule has 0 amide bonds. The molecule has 0 aromatic rings. The molecular formula is C18H38N4O2. The minimum Gasteiger partial charge on any atom is -0.379 e. The van der Waals surface area contributed by atoms with E-state index in [-0.39, 0.29) is 0 Å². The van der Waals surface area contributed by atoms with Crippen LogP contribution in [0.4, 0.5) is 0 Å². The van der Waals surface area contributed by atoms with Gasteiger partial charge in [-0.3, -0.25) is 4.99 Å². The predicted molar refractivity (Wildman–Crippen MR) is 101 cm³/mol. The second kappa shape index (κ2) is 14.5. The van der Waals surface area contributed by atoms with Crippen molar-refractivity contribution in [2.45, 2.75) is 39.5 Å². The average Bonchev–Trinajstić information content (AvgIpc) is 3.04. The highest BCUT2D eigenvalue weighted by Crippen LogP contribution is 2.15. The molecule has 6 nitrogen and oxygen atoms in total. The zero-order chi connectivity index (χ0) is 17.5. The van der Waals surface area contributed by atoms with Gasteiger partial charge in [-0.15, -0.1) is 0 Å². The van der Waals surface area contributed by atoms with Crippen molar-refractivity contribution < 1.29 is 9.47 Å². The standard InChI is InChI=1S/C18H38N4O2/c1-4-6-11-23-13-14-24-12-8-20-18(19-3)21-15-17-7-10-22(16-17)9-5-2/h17H,4-16H2,1-3H3,(H2,19,20,21). The summed E-state index contributed by atoms with van der Waals surface area (Å²) in [4.78, 5) is 6.83. The van der Waals surface area contributed by atoms with Crippen molar-refractivity contribution in [2.24, 2.45) is 10.9 Å². The van der Waals surface area contributed by atoms with E-state index in [0.717, 1.165) is 38.0 Å². The van der Waals surface area contributed by atoms with Gasteiger partial charge in [0, 0.05) is 33.3 Å².